The second-order valence-corrected chi connectivity index (χ2v) is 3.78. The molecule has 3 heteroatoms. The van der Waals surface area contributed by atoms with Gasteiger partial charge in [0.25, 0.3) is 0 Å². The Balaban J connectivity index is 2.53. The van der Waals surface area contributed by atoms with Crippen LogP contribution in [0.4, 0.5) is 4.39 Å². The average molecular weight is 252 g/mol. The molecule has 0 N–H and O–H groups in total. The topological polar surface area (TPSA) is 12.9 Å². The molecule has 1 aromatic heterocycles. The van der Waals surface area contributed by atoms with Gasteiger partial charge in [-0.25, -0.2) is 4.39 Å². The standard InChI is InChI=1S/C11H7BrFN/c12-9-3-4-10(11(13)6-9)8-2-1-5-14-7-8/h1-7H. The van der Waals surface area contributed by atoms with Crippen LogP contribution in [0.1, 0.15) is 0 Å². The minimum Gasteiger partial charge on any atom is -0.264 e. The molecule has 0 aliphatic carbocycles. The van der Waals surface area contributed by atoms with Crippen molar-refractivity contribution in [2.24, 2.45) is 0 Å². The van der Waals surface area contributed by atoms with E-state index in [4.69, 9.17) is 0 Å². The monoisotopic (exact) mass is 251 g/mol. The number of hydrogen-bond acceptors (Lipinski definition) is 1. The van der Waals surface area contributed by atoms with Crippen molar-refractivity contribution in [2.75, 3.05) is 0 Å². The summed E-state index contributed by atoms with van der Waals surface area (Å²) in [6, 6.07) is 8.61. The molecule has 2 rings (SSSR count). The lowest BCUT2D eigenvalue weighted by molar-refractivity contribution is 0.630. The molecule has 0 fully saturated rings. The van der Waals surface area contributed by atoms with Crippen molar-refractivity contribution in [3.8, 4) is 11.1 Å². The molecule has 0 amide bonds. The molecule has 1 aromatic carbocycles. The molecule has 70 valence electrons. The van der Waals surface area contributed by atoms with Crippen molar-refractivity contribution in [3.63, 3.8) is 0 Å². The van der Waals surface area contributed by atoms with Gasteiger partial charge >= 0.3 is 0 Å². The van der Waals surface area contributed by atoms with Crippen LogP contribution in [0.2, 0.25) is 0 Å². The van der Waals surface area contributed by atoms with Gasteiger partial charge in [-0.1, -0.05) is 28.1 Å². The van der Waals surface area contributed by atoms with Crippen molar-refractivity contribution < 1.29 is 4.39 Å². The quantitative estimate of drug-likeness (QED) is 0.754. The van der Waals surface area contributed by atoms with E-state index in [2.05, 4.69) is 20.9 Å². The van der Waals surface area contributed by atoms with E-state index in [0.29, 0.717) is 5.56 Å². The zero-order valence-electron chi connectivity index (χ0n) is 7.24. The maximum atomic E-state index is 13.5. The van der Waals surface area contributed by atoms with Crippen LogP contribution in [-0.4, -0.2) is 4.98 Å². The van der Waals surface area contributed by atoms with E-state index in [0.717, 1.165) is 10.0 Å². The van der Waals surface area contributed by atoms with Crippen LogP contribution in [-0.2, 0) is 0 Å². The third-order valence-electron chi connectivity index (χ3n) is 1.90. The van der Waals surface area contributed by atoms with Gasteiger partial charge in [-0.15, -0.1) is 0 Å². The summed E-state index contributed by atoms with van der Waals surface area (Å²) in [7, 11) is 0. The van der Waals surface area contributed by atoms with Crippen molar-refractivity contribution in [1.82, 2.24) is 4.98 Å². The van der Waals surface area contributed by atoms with Crippen LogP contribution >= 0.6 is 15.9 Å². The molecule has 1 nitrogen and oxygen atoms in total. The van der Waals surface area contributed by atoms with Crippen LogP contribution in [0.15, 0.2) is 47.2 Å². The molecule has 0 unspecified atom stereocenters. The fourth-order valence-corrected chi connectivity index (χ4v) is 1.58. The predicted molar refractivity (Wildman–Crippen MR) is 57.3 cm³/mol. The van der Waals surface area contributed by atoms with Gasteiger partial charge < -0.3 is 0 Å². The second kappa shape index (κ2) is 3.88. The minimum atomic E-state index is -0.243. The van der Waals surface area contributed by atoms with Gasteiger partial charge in [0.1, 0.15) is 5.82 Å². The zero-order chi connectivity index (χ0) is 9.97. The maximum Gasteiger partial charge on any atom is 0.132 e. The number of benzene rings is 1. The van der Waals surface area contributed by atoms with Gasteiger partial charge in [-0.05, 0) is 18.2 Å². The molecule has 0 saturated heterocycles. The number of pyridine rings is 1. The first-order valence-corrected chi connectivity index (χ1v) is 4.92. The average Bonchev–Trinajstić information content (AvgIpc) is 2.19. The van der Waals surface area contributed by atoms with E-state index < -0.39 is 0 Å². The lowest BCUT2D eigenvalue weighted by atomic mass is 10.1. The first-order chi connectivity index (χ1) is 6.77. The Morgan fingerprint density at radius 2 is 2.07 bits per heavy atom. The smallest absolute Gasteiger partial charge is 0.132 e. The summed E-state index contributed by atoms with van der Waals surface area (Å²) in [5.74, 6) is -0.243. The van der Waals surface area contributed by atoms with E-state index in [1.165, 1.54) is 6.07 Å². The molecule has 0 aliphatic rings. The third-order valence-corrected chi connectivity index (χ3v) is 2.40. The number of nitrogens with zero attached hydrogens (tertiary/aromatic N) is 1. The Morgan fingerprint density at radius 3 is 2.71 bits per heavy atom. The normalized spacial score (nSPS) is 10.1. The van der Waals surface area contributed by atoms with Crippen LogP contribution < -0.4 is 0 Å². The van der Waals surface area contributed by atoms with Crippen LogP contribution in [0.25, 0.3) is 11.1 Å². The molecule has 0 bridgehead atoms. The summed E-state index contributed by atoms with van der Waals surface area (Å²) in [4.78, 5) is 3.95. The molecule has 0 aliphatic heterocycles. The molecule has 0 radical (unpaired) electrons. The van der Waals surface area contributed by atoms with Crippen LogP contribution in [0.5, 0.6) is 0 Å². The second-order valence-electron chi connectivity index (χ2n) is 2.87. The highest BCUT2D eigenvalue weighted by Crippen LogP contribution is 2.24. The van der Waals surface area contributed by atoms with Crippen molar-refractivity contribution in [2.45, 2.75) is 0 Å². The Kier molecular flexibility index (Phi) is 2.59. The summed E-state index contributed by atoms with van der Waals surface area (Å²) in [5, 5.41) is 0. The summed E-state index contributed by atoms with van der Waals surface area (Å²) >= 11 is 3.21. The molecule has 0 saturated carbocycles. The molecule has 2 aromatic rings. The molecular weight excluding hydrogens is 245 g/mol. The fraction of sp³-hybridized carbons (Fsp3) is 0. The Hall–Kier alpha value is -1.22. The Morgan fingerprint density at radius 1 is 1.21 bits per heavy atom. The molecule has 0 atom stereocenters. The van der Waals surface area contributed by atoms with E-state index in [-0.39, 0.29) is 5.82 Å². The number of aromatic nitrogens is 1. The van der Waals surface area contributed by atoms with E-state index in [1.54, 1.807) is 24.5 Å². The summed E-state index contributed by atoms with van der Waals surface area (Å²) < 4.78 is 14.2. The molecule has 1 heterocycles. The first-order valence-electron chi connectivity index (χ1n) is 4.13. The van der Waals surface area contributed by atoms with Crippen molar-refractivity contribution >= 4 is 15.9 Å². The number of hydrogen-bond donors (Lipinski definition) is 0. The van der Waals surface area contributed by atoms with E-state index in [1.807, 2.05) is 12.1 Å². The van der Waals surface area contributed by atoms with Gasteiger partial charge in [0, 0.05) is 28.0 Å². The van der Waals surface area contributed by atoms with E-state index in [9.17, 15) is 4.39 Å². The summed E-state index contributed by atoms with van der Waals surface area (Å²) in [6.45, 7) is 0. The highest BCUT2D eigenvalue weighted by Gasteiger charge is 2.04. The summed E-state index contributed by atoms with van der Waals surface area (Å²) in [5.41, 5.74) is 1.36. The lowest BCUT2D eigenvalue weighted by Gasteiger charge is -2.02. The predicted octanol–water partition coefficient (Wildman–Crippen LogP) is 3.65. The molecular formula is C11H7BrFN. The highest BCUT2D eigenvalue weighted by atomic mass is 79.9. The van der Waals surface area contributed by atoms with Gasteiger partial charge in [-0.2, -0.15) is 0 Å². The van der Waals surface area contributed by atoms with Crippen molar-refractivity contribution in [3.05, 3.63) is 53.0 Å². The Bertz CT molecular complexity index is 442. The summed E-state index contributed by atoms with van der Waals surface area (Å²) in [6.07, 6.45) is 3.31. The first kappa shape index (κ1) is 9.34. The third kappa shape index (κ3) is 1.82. The van der Waals surface area contributed by atoms with E-state index >= 15 is 0 Å². The van der Waals surface area contributed by atoms with Crippen molar-refractivity contribution in [1.29, 1.82) is 0 Å². The van der Waals surface area contributed by atoms with Crippen LogP contribution in [0.3, 0.4) is 0 Å². The Labute approximate surface area is 89.7 Å². The fourth-order valence-electron chi connectivity index (χ4n) is 1.25. The zero-order valence-corrected chi connectivity index (χ0v) is 8.83. The van der Waals surface area contributed by atoms with Gasteiger partial charge in [-0.3, -0.25) is 4.98 Å². The molecule has 14 heavy (non-hydrogen) atoms. The SMILES string of the molecule is Fc1cc(Br)ccc1-c1cccnc1. The number of halogens is 2. The number of rotatable bonds is 1. The highest BCUT2D eigenvalue weighted by molar-refractivity contribution is 9.10. The lowest BCUT2D eigenvalue weighted by Crippen LogP contribution is -1.84. The van der Waals surface area contributed by atoms with Crippen LogP contribution in [0, 0.1) is 5.82 Å². The van der Waals surface area contributed by atoms with Gasteiger partial charge in [0.05, 0.1) is 0 Å². The van der Waals surface area contributed by atoms with Gasteiger partial charge in [0.2, 0.25) is 0 Å². The molecule has 0 spiro atoms. The van der Waals surface area contributed by atoms with Gasteiger partial charge in [0.15, 0.2) is 0 Å². The largest absolute Gasteiger partial charge is 0.264 e. The maximum absolute atomic E-state index is 13.5. The minimum absolute atomic E-state index is 0.243.